The summed E-state index contributed by atoms with van der Waals surface area (Å²) < 4.78 is 4.88. The minimum Gasteiger partial charge on any atom is -0.383 e. The Kier molecular flexibility index (Phi) is 4.98. The standard InChI is InChI=1S/C15H23N3O2/c1-11(9-17-15(19)13(16)10-20-2)18-8-7-12-5-3-4-6-14(12)18/h3-6,11,13H,7-10,16H2,1-2H3,(H,17,19). The van der Waals surface area contributed by atoms with E-state index in [2.05, 4.69) is 41.4 Å². The Morgan fingerprint density at radius 3 is 3.00 bits per heavy atom. The number of para-hydroxylation sites is 1. The molecule has 0 aromatic heterocycles. The highest BCUT2D eigenvalue weighted by molar-refractivity contribution is 5.81. The van der Waals surface area contributed by atoms with Gasteiger partial charge in [-0.3, -0.25) is 4.79 Å². The molecule has 0 bridgehead atoms. The minimum absolute atomic E-state index is 0.161. The largest absolute Gasteiger partial charge is 0.383 e. The van der Waals surface area contributed by atoms with E-state index >= 15 is 0 Å². The fourth-order valence-electron chi connectivity index (χ4n) is 2.57. The summed E-state index contributed by atoms with van der Waals surface area (Å²) in [6, 6.07) is 8.07. The Balaban J connectivity index is 1.87. The maximum Gasteiger partial charge on any atom is 0.239 e. The van der Waals surface area contributed by atoms with Crippen LogP contribution < -0.4 is 16.0 Å². The van der Waals surface area contributed by atoms with Crippen molar-refractivity contribution in [3.8, 4) is 0 Å². The number of rotatable bonds is 6. The van der Waals surface area contributed by atoms with Gasteiger partial charge < -0.3 is 20.7 Å². The van der Waals surface area contributed by atoms with Crippen LogP contribution in [-0.2, 0) is 16.0 Å². The van der Waals surface area contributed by atoms with Crippen molar-refractivity contribution in [1.82, 2.24) is 5.32 Å². The first kappa shape index (κ1) is 14.8. The lowest BCUT2D eigenvalue weighted by atomic mass is 10.2. The quantitative estimate of drug-likeness (QED) is 0.796. The molecule has 1 aliphatic heterocycles. The number of hydrogen-bond acceptors (Lipinski definition) is 4. The van der Waals surface area contributed by atoms with E-state index in [1.54, 1.807) is 0 Å². The predicted molar refractivity (Wildman–Crippen MR) is 79.8 cm³/mol. The van der Waals surface area contributed by atoms with Gasteiger partial charge in [-0.25, -0.2) is 0 Å². The van der Waals surface area contributed by atoms with E-state index in [0.717, 1.165) is 13.0 Å². The van der Waals surface area contributed by atoms with E-state index in [-0.39, 0.29) is 18.6 Å². The molecule has 2 atom stereocenters. The third-order valence-corrected chi connectivity index (χ3v) is 3.71. The normalized spacial score (nSPS) is 16.6. The molecular weight excluding hydrogens is 254 g/mol. The molecule has 0 saturated heterocycles. The van der Waals surface area contributed by atoms with Crippen LogP contribution in [0.5, 0.6) is 0 Å². The summed E-state index contributed by atoms with van der Waals surface area (Å²) in [4.78, 5) is 14.1. The SMILES string of the molecule is COCC(N)C(=O)NCC(C)N1CCc2ccccc21. The summed E-state index contributed by atoms with van der Waals surface area (Å²) in [7, 11) is 1.54. The van der Waals surface area contributed by atoms with Crippen LogP contribution in [0.4, 0.5) is 5.69 Å². The molecule has 1 aliphatic rings. The van der Waals surface area contributed by atoms with Gasteiger partial charge >= 0.3 is 0 Å². The van der Waals surface area contributed by atoms with Crippen molar-refractivity contribution in [1.29, 1.82) is 0 Å². The molecule has 0 saturated carbocycles. The van der Waals surface area contributed by atoms with Crippen LogP contribution >= 0.6 is 0 Å². The molecule has 0 radical (unpaired) electrons. The maximum atomic E-state index is 11.8. The number of hydrogen-bond donors (Lipinski definition) is 2. The Hall–Kier alpha value is -1.59. The van der Waals surface area contributed by atoms with E-state index in [0.29, 0.717) is 6.54 Å². The fourth-order valence-corrected chi connectivity index (χ4v) is 2.57. The predicted octanol–water partition coefficient (Wildman–Crippen LogP) is 0.528. The second kappa shape index (κ2) is 6.72. The topological polar surface area (TPSA) is 67.6 Å². The van der Waals surface area contributed by atoms with Gasteiger partial charge in [-0.1, -0.05) is 18.2 Å². The first-order chi connectivity index (χ1) is 9.63. The molecule has 0 aliphatic carbocycles. The average molecular weight is 277 g/mol. The van der Waals surface area contributed by atoms with Crippen molar-refractivity contribution < 1.29 is 9.53 Å². The highest BCUT2D eigenvalue weighted by Gasteiger charge is 2.23. The highest BCUT2D eigenvalue weighted by Crippen LogP contribution is 2.28. The van der Waals surface area contributed by atoms with Crippen LogP contribution in [-0.4, -0.2) is 44.8 Å². The summed E-state index contributed by atoms with van der Waals surface area (Å²) in [5, 5.41) is 2.89. The van der Waals surface area contributed by atoms with Crippen molar-refractivity contribution in [3.05, 3.63) is 29.8 Å². The van der Waals surface area contributed by atoms with Crippen molar-refractivity contribution in [3.63, 3.8) is 0 Å². The van der Waals surface area contributed by atoms with Crippen molar-refractivity contribution in [2.24, 2.45) is 5.73 Å². The molecule has 1 heterocycles. The van der Waals surface area contributed by atoms with Gasteiger partial charge in [-0.2, -0.15) is 0 Å². The molecule has 3 N–H and O–H groups in total. The monoisotopic (exact) mass is 277 g/mol. The zero-order valence-corrected chi connectivity index (χ0v) is 12.1. The molecule has 0 spiro atoms. The molecule has 2 unspecified atom stereocenters. The summed E-state index contributed by atoms with van der Waals surface area (Å²) in [5.41, 5.74) is 8.34. The number of methoxy groups -OCH3 is 1. The maximum absolute atomic E-state index is 11.8. The first-order valence-corrected chi connectivity index (χ1v) is 7.00. The van der Waals surface area contributed by atoms with Crippen molar-refractivity contribution in [2.45, 2.75) is 25.4 Å². The lowest BCUT2D eigenvalue weighted by molar-refractivity contribution is -0.123. The van der Waals surface area contributed by atoms with Crippen LogP contribution in [0, 0.1) is 0 Å². The number of anilines is 1. The summed E-state index contributed by atoms with van der Waals surface area (Å²) >= 11 is 0. The summed E-state index contributed by atoms with van der Waals surface area (Å²) in [6.07, 6.45) is 1.07. The van der Waals surface area contributed by atoms with E-state index in [1.165, 1.54) is 18.4 Å². The van der Waals surface area contributed by atoms with E-state index in [4.69, 9.17) is 10.5 Å². The average Bonchev–Trinajstić information content (AvgIpc) is 2.88. The van der Waals surface area contributed by atoms with Crippen molar-refractivity contribution in [2.75, 3.05) is 31.7 Å². The number of carbonyl (C=O) groups is 1. The Morgan fingerprint density at radius 1 is 1.50 bits per heavy atom. The molecule has 110 valence electrons. The van der Waals surface area contributed by atoms with Crippen LogP contribution in [0.15, 0.2) is 24.3 Å². The molecule has 20 heavy (non-hydrogen) atoms. The van der Waals surface area contributed by atoms with Gasteiger partial charge in [0.25, 0.3) is 0 Å². The Bertz CT molecular complexity index is 464. The van der Waals surface area contributed by atoms with Gasteiger partial charge in [-0.05, 0) is 25.0 Å². The Morgan fingerprint density at radius 2 is 2.25 bits per heavy atom. The van der Waals surface area contributed by atoms with Gasteiger partial charge in [-0.15, -0.1) is 0 Å². The fraction of sp³-hybridized carbons (Fsp3) is 0.533. The van der Waals surface area contributed by atoms with Gasteiger partial charge in [0, 0.05) is 31.9 Å². The number of amides is 1. The zero-order valence-electron chi connectivity index (χ0n) is 12.1. The molecule has 5 nitrogen and oxygen atoms in total. The molecule has 0 fully saturated rings. The zero-order chi connectivity index (χ0) is 14.5. The highest BCUT2D eigenvalue weighted by atomic mass is 16.5. The van der Waals surface area contributed by atoms with Gasteiger partial charge in [0.1, 0.15) is 6.04 Å². The lowest BCUT2D eigenvalue weighted by Gasteiger charge is -2.28. The molecule has 1 aromatic rings. The number of nitrogens with zero attached hydrogens (tertiary/aromatic N) is 1. The van der Waals surface area contributed by atoms with Crippen LogP contribution in [0.25, 0.3) is 0 Å². The summed E-state index contributed by atoms with van der Waals surface area (Å²) in [5.74, 6) is -0.161. The third-order valence-electron chi connectivity index (χ3n) is 3.71. The third kappa shape index (κ3) is 3.29. The van der Waals surface area contributed by atoms with Crippen LogP contribution in [0.1, 0.15) is 12.5 Å². The van der Waals surface area contributed by atoms with Crippen LogP contribution in [0.2, 0.25) is 0 Å². The molecule has 1 amide bonds. The Labute approximate surface area is 120 Å². The van der Waals surface area contributed by atoms with Crippen molar-refractivity contribution >= 4 is 11.6 Å². The smallest absolute Gasteiger partial charge is 0.239 e. The lowest BCUT2D eigenvalue weighted by Crippen LogP contribution is -2.48. The molecule has 1 aromatic carbocycles. The molecule has 2 rings (SSSR count). The van der Waals surface area contributed by atoms with E-state index in [1.807, 2.05) is 0 Å². The second-order valence-electron chi connectivity index (χ2n) is 5.23. The minimum atomic E-state index is -0.599. The molecule has 5 heteroatoms. The number of nitrogens with one attached hydrogen (secondary N) is 1. The molecular formula is C15H23N3O2. The first-order valence-electron chi connectivity index (χ1n) is 7.00. The van der Waals surface area contributed by atoms with E-state index < -0.39 is 6.04 Å². The number of ether oxygens (including phenoxy) is 1. The van der Waals surface area contributed by atoms with Gasteiger partial charge in [0.15, 0.2) is 0 Å². The number of benzene rings is 1. The van der Waals surface area contributed by atoms with Gasteiger partial charge in [0.2, 0.25) is 5.91 Å². The van der Waals surface area contributed by atoms with Gasteiger partial charge in [0.05, 0.1) is 6.61 Å². The number of nitrogens with two attached hydrogens (primary N) is 1. The van der Waals surface area contributed by atoms with Crippen LogP contribution in [0.3, 0.4) is 0 Å². The summed E-state index contributed by atoms with van der Waals surface area (Å²) in [6.45, 7) is 3.95. The second-order valence-corrected chi connectivity index (χ2v) is 5.23. The number of fused-ring (bicyclic) bond motifs is 1. The number of carbonyl (C=O) groups excluding carboxylic acids is 1. The van der Waals surface area contributed by atoms with E-state index in [9.17, 15) is 4.79 Å².